The highest BCUT2D eigenvalue weighted by Crippen LogP contribution is 2.46. The van der Waals surface area contributed by atoms with Crippen LogP contribution in [0, 0.1) is 0 Å². The molecule has 41 heavy (non-hydrogen) atoms. The van der Waals surface area contributed by atoms with E-state index in [-0.39, 0.29) is 11.3 Å². The first-order chi connectivity index (χ1) is 19.9. The van der Waals surface area contributed by atoms with Crippen LogP contribution >= 0.6 is 11.3 Å². The van der Waals surface area contributed by atoms with E-state index in [1.807, 2.05) is 19.9 Å². The van der Waals surface area contributed by atoms with Gasteiger partial charge in [0.2, 0.25) is 0 Å². The summed E-state index contributed by atoms with van der Waals surface area (Å²) in [5, 5.41) is 11.8. The molecule has 2 heterocycles. The summed E-state index contributed by atoms with van der Waals surface area (Å²) in [6.07, 6.45) is 0.817. The zero-order valence-corrected chi connectivity index (χ0v) is 24.0. The molecular weight excluding hydrogens is 544 g/mol. The third kappa shape index (κ3) is 5.30. The normalized spacial score (nSPS) is 16.3. The molecular formula is C31H30N2O7S. The molecule has 0 bridgehead atoms. The zero-order chi connectivity index (χ0) is 29.1. The molecule has 1 saturated heterocycles. The van der Waals surface area contributed by atoms with Crippen molar-refractivity contribution in [2.75, 3.05) is 32.3 Å². The van der Waals surface area contributed by atoms with Crippen LogP contribution in [-0.2, 0) is 9.59 Å². The molecule has 1 fully saturated rings. The highest BCUT2D eigenvalue weighted by atomic mass is 32.1. The molecule has 0 saturated carbocycles. The van der Waals surface area contributed by atoms with Crippen LogP contribution in [0.3, 0.4) is 0 Å². The minimum atomic E-state index is -0.973. The first kappa shape index (κ1) is 28.0. The maximum absolute atomic E-state index is 13.7. The topological polar surface area (TPSA) is 107 Å². The SMILES string of the molecule is CCCOc1ccc(C2/C(=C(\O)c3ccc(OC)cc3)C(=O)C(=O)N2c2nc3ccc(OC)cc3s2)cc1OCC. The third-order valence-electron chi connectivity index (χ3n) is 6.64. The molecule has 1 amide bonds. The predicted octanol–water partition coefficient (Wildman–Crippen LogP) is 6.13. The lowest BCUT2D eigenvalue weighted by molar-refractivity contribution is -0.132. The molecule has 1 aromatic heterocycles. The maximum atomic E-state index is 13.7. The van der Waals surface area contributed by atoms with Gasteiger partial charge in [-0.2, -0.15) is 0 Å². The number of ether oxygens (including phenoxy) is 4. The van der Waals surface area contributed by atoms with Crippen LogP contribution in [-0.4, -0.2) is 49.2 Å². The quantitative estimate of drug-likeness (QED) is 0.137. The van der Waals surface area contributed by atoms with Crippen molar-refractivity contribution < 1.29 is 33.6 Å². The highest BCUT2D eigenvalue weighted by molar-refractivity contribution is 7.22. The van der Waals surface area contributed by atoms with Gasteiger partial charge in [0, 0.05) is 5.56 Å². The number of nitrogens with zero attached hydrogens (tertiary/aromatic N) is 2. The molecule has 1 aliphatic heterocycles. The van der Waals surface area contributed by atoms with Crippen molar-refractivity contribution >= 4 is 44.1 Å². The Morgan fingerprint density at radius 3 is 2.34 bits per heavy atom. The number of methoxy groups -OCH3 is 2. The number of aliphatic hydroxyl groups excluding tert-OH is 1. The van der Waals surface area contributed by atoms with Crippen molar-refractivity contribution in [1.82, 2.24) is 4.98 Å². The Hall–Kier alpha value is -4.57. The number of thiazole rings is 1. The Morgan fingerprint density at radius 1 is 0.927 bits per heavy atom. The number of ketones is 1. The molecule has 0 spiro atoms. The van der Waals surface area contributed by atoms with E-state index in [1.54, 1.807) is 61.7 Å². The van der Waals surface area contributed by atoms with Gasteiger partial charge in [-0.15, -0.1) is 0 Å². The molecule has 1 unspecified atom stereocenters. The molecule has 1 atom stereocenters. The first-order valence-electron chi connectivity index (χ1n) is 13.2. The number of benzene rings is 3. The number of carbonyl (C=O) groups is 2. The van der Waals surface area contributed by atoms with Gasteiger partial charge in [-0.3, -0.25) is 14.5 Å². The molecule has 3 aromatic carbocycles. The number of fused-ring (bicyclic) bond motifs is 1. The average molecular weight is 575 g/mol. The van der Waals surface area contributed by atoms with Gasteiger partial charge in [-0.25, -0.2) is 4.98 Å². The van der Waals surface area contributed by atoms with Gasteiger partial charge in [0.05, 0.1) is 49.3 Å². The van der Waals surface area contributed by atoms with Crippen molar-refractivity contribution in [1.29, 1.82) is 0 Å². The van der Waals surface area contributed by atoms with Crippen molar-refractivity contribution in [3.63, 3.8) is 0 Å². The van der Waals surface area contributed by atoms with E-state index >= 15 is 0 Å². The van der Waals surface area contributed by atoms with Gasteiger partial charge < -0.3 is 24.1 Å². The standard InChI is InChI=1S/C31H30N2O7S/c1-5-15-40-23-14-9-19(16-24(23)39-6-2)27-26(28(34)18-7-10-20(37-3)11-8-18)29(35)30(36)33(27)31-32-22-13-12-21(38-4)17-25(22)41-31/h7-14,16-17,27,34H,5-6,15H2,1-4H3/b28-26+. The van der Waals surface area contributed by atoms with E-state index in [0.717, 1.165) is 11.1 Å². The van der Waals surface area contributed by atoms with Crippen LogP contribution in [0.4, 0.5) is 5.13 Å². The van der Waals surface area contributed by atoms with E-state index in [9.17, 15) is 14.7 Å². The number of carbonyl (C=O) groups excluding carboxylic acids is 2. The van der Waals surface area contributed by atoms with Crippen LogP contribution in [0.1, 0.15) is 37.4 Å². The van der Waals surface area contributed by atoms with Crippen molar-refractivity contribution in [3.05, 3.63) is 77.4 Å². The number of Topliss-reactive ketones (excluding diaryl/α,β-unsaturated/α-hetero) is 1. The van der Waals surface area contributed by atoms with Crippen molar-refractivity contribution in [3.8, 4) is 23.0 Å². The second-order valence-electron chi connectivity index (χ2n) is 9.22. The Labute approximate surface area is 241 Å². The van der Waals surface area contributed by atoms with Gasteiger partial charge in [0.15, 0.2) is 16.6 Å². The van der Waals surface area contributed by atoms with Crippen LogP contribution in [0.15, 0.2) is 66.2 Å². The number of anilines is 1. The summed E-state index contributed by atoms with van der Waals surface area (Å²) in [6.45, 7) is 4.76. The molecule has 1 aliphatic rings. The monoisotopic (exact) mass is 574 g/mol. The summed E-state index contributed by atoms with van der Waals surface area (Å²) in [6, 6.07) is 16.3. The smallest absolute Gasteiger partial charge is 0.301 e. The Balaban J connectivity index is 1.70. The Morgan fingerprint density at radius 2 is 1.66 bits per heavy atom. The summed E-state index contributed by atoms with van der Waals surface area (Å²) in [5.74, 6) is 0.358. The second kappa shape index (κ2) is 11.9. The average Bonchev–Trinajstić information content (AvgIpc) is 3.53. The number of rotatable bonds is 10. The number of hydrogen-bond acceptors (Lipinski definition) is 9. The number of hydrogen-bond donors (Lipinski definition) is 1. The summed E-state index contributed by atoms with van der Waals surface area (Å²) in [4.78, 5) is 33.3. The van der Waals surface area contributed by atoms with Crippen LogP contribution < -0.4 is 23.8 Å². The lowest BCUT2D eigenvalue weighted by Crippen LogP contribution is -2.29. The Kier molecular flexibility index (Phi) is 8.11. The molecule has 10 heteroatoms. The highest BCUT2D eigenvalue weighted by Gasteiger charge is 2.48. The van der Waals surface area contributed by atoms with E-state index in [4.69, 9.17) is 18.9 Å². The molecule has 0 aliphatic carbocycles. The largest absolute Gasteiger partial charge is 0.507 e. The number of aromatic nitrogens is 1. The van der Waals surface area contributed by atoms with E-state index in [1.165, 1.54) is 23.3 Å². The maximum Gasteiger partial charge on any atom is 0.301 e. The van der Waals surface area contributed by atoms with E-state index in [2.05, 4.69) is 4.98 Å². The van der Waals surface area contributed by atoms with Gasteiger partial charge in [0.1, 0.15) is 17.3 Å². The summed E-state index contributed by atoms with van der Waals surface area (Å²) >= 11 is 1.26. The van der Waals surface area contributed by atoms with Crippen LogP contribution in [0.5, 0.6) is 23.0 Å². The first-order valence-corrected chi connectivity index (χ1v) is 14.0. The van der Waals surface area contributed by atoms with Gasteiger partial charge >= 0.3 is 5.91 Å². The fraction of sp³-hybridized carbons (Fsp3) is 0.258. The molecule has 212 valence electrons. The minimum Gasteiger partial charge on any atom is -0.507 e. The van der Waals surface area contributed by atoms with Gasteiger partial charge in [0.25, 0.3) is 5.78 Å². The fourth-order valence-corrected chi connectivity index (χ4v) is 5.69. The summed E-state index contributed by atoms with van der Waals surface area (Å²) in [5.41, 5.74) is 1.53. The number of amides is 1. The summed E-state index contributed by atoms with van der Waals surface area (Å²) in [7, 11) is 3.11. The lowest BCUT2D eigenvalue weighted by atomic mass is 9.95. The lowest BCUT2D eigenvalue weighted by Gasteiger charge is -2.24. The Bertz CT molecular complexity index is 1630. The second-order valence-corrected chi connectivity index (χ2v) is 10.2. The van der Waals surface area contributed by atoms with Crippen LogP contribution in [0.25, 0.3) is 16.0 Å². The van der Waals surface area contributed by atoms with Gasteiger partial charge in [-0.05, 0) is 73.5 Å². The molecule has 0 radical (unpaired) electrons. The predicted molar refractivity (Wildman–Crippen MR) is 157 cm³/mol. The van der Waals surface area contributed by atoms with Gasteiger partial charge in [-0.1, -0.05) is 24.3 Å². The fourth-order valence-electron chi connectivity index (χ4n) is 4.67. The molecule has 9 nitrogen and oxygen atoms in total. The third-order valence-corrected chi connectivity index (χ3v) is 7.66. The molecule has 1 N–H and O–H groups in total. The van der Waals surface area contributed by atoms with Crippen molar-refractivity contribution in [2.24, 2.45) is 0 Å². The minimum absolute atomic E-state index is 0.0540. The van der Waals surface area contributed by atoms with Crippen LogP contribution in [0.2, 0.25) is 0 Å². The molecule has 4 aromatic rings. The van der Waals surface area contributed by atoms with E-state index in [0.29, 0.717) is 58.0 Å². The molecule has 5 rings (SSSR count). The van der Waals surface area contributed by atoms with Crippen molar-refractivity contribution in [2.45, 2.75) is 26.3 Å². The zero-order valence-electron chi connectivity index (χ0n) is 23.2. The number of aliphatic hydroxyl groups is 1. The summed E-state index contributed by atoms with van der Waals surface area (Å²) < 4.78 is 23.1. The van der Waals surface area contributed by atoms with E-state index < -0.39 is 17.7 Å².